The summed E-state index contributed by atoms with van der Waals surface area (Å²) in [5.41, 5.74) is 2.07. The maximum absolute atomic E-state index is 13.8. The topological polar surface area (TPSA) is 33.3 Å². The summed E-state index contributed by atoms with van der Waals surface area (Å²) in [6.07, 6.45) is 11.4. The van der Waals surface area contributed by atoms with E-state index in [0.717, 1.165) is 25.4 Å². The molecule has 0 amide bonds. The number of hydrogen-bond acceptors (Lipinski definition) is 3. The third-order valence-corrected chi connectivity index (χ3v) is 4.12. The average Bonchev–Trinajstić information content (AvgIpc) is 2.46. The number of halogens is 2. The van der Waals surface area contributed by atoms with Crippen molar-refractivity contribution in [3.05, 3.63) is 47.4 Å². The van der Waals surface area contributed by atoms with Gasteiger partial charge in [-0.25, -0.2) is 4.39 Å². The van der Waals surface area contributed by atoms with E-state index in [2.05, 4.69) is 16.7 Å². The van der Waals surface area contributed by atoms with Gasteiger partial charge in [0.15, 0.2) is 9.56 Å². The summed E-state index contributed by atoms with van der Waals surface area (Å²) in [5, 5.41) is 6.42. The molecule has 2 unspecified atom stereocenters. The second kappa shape index (κ2) is 7.45. The van der Waals surface area contributed by atoms with E-state index in [1.54, 1.807) is 6.92 Å². The number of allylic oxidation sites excluding steroid dienone is 4. The van der Waals surface area contributed by atoms with Crippen molar-refractivity contribution >= 4 is 22.6 Å². The first-order valence-corrected chi connectivity index (χ1v) is 8.28. The quantitative estimate of drug-likeness (QED) is 0.526. The van der Waals surface area contributed by atoms with Gasteiger partial charge in [-0.15, -0.1) is 0 Å². The van der Waals surface area contributed by atoms with Crippen molar-refractivity contribution < 1.29 is 9.13 Å². The monoisotopic (exact) mass is 404 g/mol. The molecule has 2 atom stereocenters. The molecule has 0 bridgehead atoms. The molecule has 5 heteroatoms. The maximum atomic E-state index is 13.8. The first-order valence-electron chi connectivity index (χ1n) is 7.20. The van der Waals surface area contributed by atoms with Crippen molar-refractivity contribution in [3.8, 4) is 0 Å². The molecule has 116 valence electrons. The highest BCUT2D eigenvalue weighted by Crippen LogP contribution is 2.33. The van der Waals surface area contributed by atoms with E-state index in [0.29, 0.717) is 12.0 Å². The molecule has 0 aromatic carbocycles. The molecular weight excluding hydrogens is 382 g/mol. The fraction of sp³-hybridized carbons (Fsp3) is 0.500. The largest absolute Gasteiger partial charge is 0.471 e. The van der Waals surface area contributed by atoms with Gasteiger partial charge in [0.1, 0.15) is 6.10 Å². The van der Waals surface area contributed by atoms with Crippen molar-refractivity contribution in [1.82, 2.24) is 10.6 Å². The zero-order valence-electron chi connectivity index (χ0n) is 12.5. The molecule has 0 spiro atoms. The molecule has 3 nitrogen and oxygen atoms in total. The first-order chi connectivity index (χ1) is 9.99. The molecule has 1 aliphatic carbocycles. The van der Waals surface area contributed by atoms with E-state index in [1.807, 2.05) is 53.9 Å². The van der Waals surface area contributed by atoms with Gasteiger partial charge >= 0.3 is 0 Å². The molecule has 0 fully saturated rings. The summed E-state index contributed by atoms with van der Waals surface area (Å²) in [5.74, 6) is 0.784. The molecule has 2 N–H and O–H groups in total. The number of ether oxygens (including phenoxy) is 1. The molecule has 1 heterocycles. The van der Waals surface area contributed by atoms with Crippen LogP contribution in [0.15, 0.2) is 47.4 Å². The minimum atomic E-state index is -1.31. The van der Waals surface area contributed by atoms with Crippen LogP contribution in [0.2, 0.25) is 0 Å². The van der Waals surface area contributed by atoms with E-state index >= 15 is 0 Å². The number of dihydropyridines is 1. The van der Waals surface area contributed by atoms with E-state index in [4.69, 9.17) is 4.74 Å². The Morgan fingerprint density at radius 3 is 2.86 bits per heavy atom. The van der Waals surface area contributed by atoms with Gasteiger partial charge in [0.05, 0.1) is 0 Å². The van der Waals surface area contributed by atoms with E-state index < -0.39 is 3.68 Å². The van der Waals surface area contributed by atoms with Crippen LogP contribution in [0.4, 0.5) is 4.39 Å². The lowest BCUT2D eigenvalue weighted by molar-refractivity contribution is 0.138. The van der Waals surface area contributed by atoms with Crippen LogP contribution >= 0.6 is 22.6 Å². The maximum Gasteiger partial charge on any atom is 0.187 e. The average molecular weight is 404 g/mol. The Kier molecular flexibility index (Phi) is 5.87. The first kappa shape index (κ1) is 16.5. The minimum Gasteiger partial charge on any atom is -0.471 e. The third-order valence-electron chi connectivity index (χ3n) is 3.50. The SMILES string of the molecule is CNCCC1=CC=C(OC2C=CC(C(C)(F)I)=CC2)NC1. The summed E-state index contributed by atoms with van der Waals surface area (Å²) in [6.45, 7) is 3.36. The van der Waals surface area contributed by atoms with Crippen LogP contribution in [-0.4, -0.2) is 29.9 Å². The van der Waals surface area contributed by atoms with Gasteiger partial charge in [0.25, 0.3) is 0 Å². The Hall–Kier alpha value is -0.820. The summed E-state index contributed by atoms with van der Waals surface area (Å²) in [7, 11) is 1.95. The Labute approximate surface area is 139 Å². The van der Waals surface area contributed by atoms with Gasteiger partial charge in [-0.2, -0.15) is 0 Å². The number of alkyl halides is 2. The molecule has 21 heavy (non-hydrogen) atoms. The fourth-order valence-electron chi connectivity index (χ4n) is 2.23. The second-order valence-corrected chi connectivity index (χ2v) is 7.39. The molecule has 0 saturated carbocycles. The second-order valence-electron chi connectivity index (χ2n) is 5.36. The highest BCUT2D eigenvalue weighted by atomic mass is 127. The zero-order valence-corrected chi connectivity index (χ0v) is 14.6. The van der Waals surface area contributed by atoms with Gasteiger partial charge in [-0.3, -0.25) is 0 Å². The number of hydrogen-bond donors (Lipinski definition) is 2. The van der Waals surface area contributed by atoms with Crippen LogP contribution in [0.3, 0.4) is 0 Å². The predicted octanol–water partition coefficient (Wildman–Crippen LogP) is 3.36. The lowest BCUT2D eigenvalue weighted by atomic mass is 10.0. The molecule has 2 aliphatic rings. The molecular formula is C16H22FIN2O. The lowest BCUT2D eigenvalue weighted by Gasteiger charge is -2.25. The Morgan fingerprint density at radius 1 is 1.52 bits per heavy atom. The van der Waals surface area contributed by atoms with Crippen LogP contribution in [0.5, 0.6) is 0 Å². The molecule has 0 aromatic heterocycles. The standard InChI is InChI=1S/C16H22FIN2O/c1-16(17,18)13-4-6-14(7-5-13)21-15-8-3-12(11-20-15)9-10-19-2/h3-6,8,14,19-20H,7,9-11H2,1-2H3. The minimum absolute atomic E-state index is 0.0292. The normalized spacial score (nSPS) is 24.4. The molecule has 1 aliphatic heterocycles. The number of nitrogens with one attached hydrogen (secondary N) is 2. The van der Waals surface area contributed by atoms with E-state index in [9.17, 15) is 4.39 Å². The van der Waals surface area contributed by atoms with Crippen LogP contribution in [0.1, 0.15) is 19.8 Å². The summed E-state index contributed by atoms with van der Waals surface area (Å²) in [4.78, 5) is 0. The summed E-state index contributed by atoms with van der Waals surface area (Å²) >= 11 is 1.81. The third kappa shape index (κ3) is 5.14. The van der Waals surface area contributed by atoms with Crippen LogP contribution in [-0.2, 0) is 4.74 Å². The molecule has 2 rings (SSSR count). The van der Waals surface area contributed by atoms with Crippen LogP contribution in [0, 0.1) is 0 Å². The lowest BCUT2D eigenvalue weighted by Crippen LogP contribution is -2.26. The van der Waals surface area contributed by atoms with Crippen molar-refractivity contribution in [2.24, 2.45) is 0 Å². The molecule has 0 aromatic rings. The predicted molar refractivity (Wildman–Crippen MR) is 93.0 cm³/mol. The summed E-state index contributed by atoms with van der Waals surface area (Å²) in [6, 6.07) is 0. The fourth-order valence-corrected chi connectivity index (χ4v) is 2.63. The van der Waals surface area contributed by atoms with Crippen molar-refractivity contribution in [1.29, 1.82) is 0 Å². The highest BCUT2D eigenvalue weighted by molar-refractivity contribution is 14.1. The molecule has 0 radical (unpaired) electrons. The number of rotatable bonds is 6. The Balaban J connectivity index is 1.85. The van der Waals surface area contributed by atoms with Crippen molar-refractivity contribution in [3.63, 3.8) is 0 Å². The Bertz CT molecular complexity index is 489. The van der Waals surface area contributed by atoms with Gasteiger partial charge in [-0.05, 0) is 72.8 Å². The van der Waals surface area contributed by atoms with Gasteiger partial charge in [0.2, 0.25) is 0 Å². The van der Waals surface area contributed by atoms with Crippen molar-refractivity contribution in [2.75, 3.05) is 20.1 Å². The van der Waals surface area contributed by atoms with Crippen molar-refractivity contribution in [2.45, 2.75) is 29.5 Å². The highest BCUT2D eigenvalue weighted by Gasteiger charge is 2.25. The van der Waals surface area contributed by atoms with E-state index in [-0.39, 0.29) is 6.10 Å². The Morgan fingerprint density at radius 2 is 2.33 bits per heavy atom. The molecule has 0 saturated heterocycles. The van der Waals surface area contributed by atoms with Crippen LogP contribution in [0.25, 0.3) is 0 Å². The smallest absolute Gasteiger partial charge is 0.187 e. The summed E-state index contributed by atoms with van der Waals surface area (Å²) < 4.78 is 18.4. The zero-order chi connectivity index (χ0) is 15.3. The van der Waals surface area contributed by atoms with Gasteiger partial charge in [-0.1, -0.05) is 18.2 Å². The van der Waals surface area contributed by atoms with Gasteiger partial charge < -0.3 is 15.4 Å². The van der Waals surface area contributed by atoms with Gasteiger partial charge in [0, 0.05) is 13.0 Å². The van der Waals surface area contributed by atoms with Crippen LogP contribution < -0.4 is 10.6 Å². The van der Waals surface area contributed by atoms with E-state index in [1.165, 1.54) is 5.57 Å².